The molecule has 0 saturated carbocycles. The molecule has 1 heterocycles. The van der Waals surface area contributed by atoms with Crippen LogP contribution in [0.4, 0.5) is 4.39 Å². The first kappa shape index (κ1) is 18.7. The predicted molar refractivity (Wildman–Crippen MR) is 105 cm³/mol. The van der Waals surface area contributed by atoms with Crippen molar-refractivity contribution in [2.24, 2.45) is 0 Å². The van der Waals surface area contributed by atoms with Gasteiger partial charge in [0.15, 0.2) is 5.78 Å². The third-order valence-electron chi connectivity index (χ3n) is 4.43. The lowest BCUT2D eigenvalue weighted by Crippen LogP contribution is -2.26. The Morgan fingerprint density at radius 2 is 1.96 bits per heavy atom. The van der Waals surface area contributed by atoms with E-state index in [2.05, 4.69) is 4.98 Å². The van der Waals surface area contributed by atoms with Gasteiger partial charge in [-0.05, 0) is 37.1 Å². The van der Waals surface area contributed by atoms with E-state index in [9.17, 15) is 14.0 Å². The summed E-state index contributed by atoms with van der Waals surface area (Å²) in [6.45, 7) is 3.82. The van der Waals surface area contributed by atoms with Crippen molar-refractivity contribution in [3.8, 4) is 0 Å². The Labute approximate surface area is 157 Å². The summed E-state index contributed by atoms with van der Waals surface area (Å²) in [6, 6.07) is 12.7. The normalized spacial score (nSPS) is 11.4. The van der Waals surface area contributed by atoms with Crippen molar-refractivity contribution in [3.05, 3.63) is 81.7 Å². The molecule has 3 rings (SSSR count). The lowest BCUT2D eigenvalue weighted by molar-refractivity contribution is -0.112. The molecule has 0 atom stereocenters. The number of hydrogen-bond donors (Lipinski definition) is 0. The molecule has 3 aromatic rings. The number of benzene rings is 2. The highest BCUT2D eigenvalue weighted by atomic mass is 19.1. The Hall–Kier alpha value is -3.08. The van der Waals surface area contributed by atoms with Crippen LogP contribution in [0.1, 0.15) is 30.8 Å². The summed E-state index contributed by atoms with van der Waals surface area (Å²) in [4.78, 5) is 28.7. The average molecular weight is 364 g/mol. The number of aromatic nitrogens is 2. The van der Waals surface area contributed by atoms with Crippen LogP contribution >= 0.6 is 0 Å². The largest absolute Gasteiger partial charge is 0.296 e. The Bertz CT molecular complexity index is 1070. The highest BCUT2D eigenvalue weighted by Crippen LogP contribution is 2.18. The number of carbonyl (C=O) groups excluding carboxylic acids is 1. The molecule has 1 aromatic heterocycles. The number of fused-ring (bicyclic) bond motifs is 1. The van der Waals surface area contributed by atoms with E-state index in [0.29, 0.717) is 36.1 Å². The van der Waals surface area contributed by atoms with E-state index in [1.54, 1.807) is 4.57 Å². The van der Waals surface area contributed by atoms with Crippen molar-refractivity contribution in [1.82, 2.24) is 9.55 Å². The number of halogens is 1. The molecule has 0 bridgehead atoms. The van der Waals surface area contributed by atoms with Gasteiger partial charge in [-0.1, -0.05) is 37.3 Å². The number of hydrogen-bond acceptors (Lipinski definition) is 3. The van der Waals surface area contributed by atoms with Crippen molar-refractivity contribution in [3.63, 3.8) is 0 Å². The van der Waals surface area contributed by atoms with Crippen LogP contribution in [0.3, 0.4) is 0 Å². The highest BCUT2D eigenvalue weighted by Gasteiger charge is 2.13. The minimum absolute atomic E-state index is 0.186. The maximum atomic E-state index is 14.3. The second-order valence-corrected chi connectivity index (χ2v) is 6.41. The zero-order valence-electron chi connectivity index (χ0n) is 15.4. The molecule has 2 aromatic carbocycles. The summed E-state index contributed by atoms with van der Waals surface area (Å²) in [5, 5.41) is 0.352. The maximum Gasteiger partial charge on any atom is 0.261 e. The van der Waals surface area contributed by atoms with Gasteiger partial charge in [0.05, 0.1) is 10.9 Å². The third-order valence-corrected chi connectivity index (χ3v) is 4.43. The van der Waals surface area contributed by atoms with E-state index in [0.717, 1.165) is 5.56 Å². The summed E-state index contributed by atoms with van der Waals surface area (Å²) in [6.07, 6.45) is 3.96. The summed E-state index contributed by atoms with van der Waals surface area (Å²) >= 11 is 0. The Balaban J connectivity index is 2.07. The number of nitrogens with zero attached hydrogens (tertiary/aromatic N) is 2. The smallest absolute Gasteiger partial charge is 0.261 e. The standard InChI is InChI=1S/C22H21FN2O2/c1-3-21-24-20-14-19(23)17(10-9-15(2)26)13-18(20)22(27)25(21)12-11-16-7-5-4-6-8-16/h4-10,13-14H,3,11-12H2,1-2H3/b10-9+. The second kappa shape index (κ2) is 8.08. The van der Waals surface area contributed by atoms with E-state index < -0.39 is 5.82 Å². The third kappa shape index (κ3) is 4.19. The number of aryl methyl sites for hydroxylation is 2. The molecular weight excluding hydrogens is 343 g/mol. The molecule has 4 nitrogen and oxygen atoms in total. The van der Waals surface area contributed by atoms with E-state index >= 15 is 0 Å². The topological polar surface area (TPSA) is 52.0 Å². The molecular formula is C22H21FN2O2. The first-order valence-corrected chi connectivity index (χ1v) is 8.95. The maximum absolute atomic E-state index is 14.3. The lowest BCUT2D eigenvalue weighted by Gasteiger charge is -2.13. The second-order valence-electron chi connectivity index (χ2n) is 6.41. The fraction of sp³-hybridized carbons (Fsp3) is 0.227. The summed E-state index contributed by atoms with van der Waals surface area (Å²) in [5.74, 6) is -0.0555. The molecule has 0 unspecified atom stereocenters. The van der Waals surface area contributed by atoms with Gasteiger partial charge in [0.2, 0.25) is 0 Å². The molecule has 27 heavy (non-hydrogen) atoms. The average Bonchev–Trinajstić information content (AvgIpc) is 2.66. The van der Waals surface area contributed by atoms with Gasteiger partial charge < -0.3 is 0 Å². The molecule has 0 amide bonds. The van der Waals surface area contributed by atoms with Crippen molar-refractivity contribution >= 4 is 22.8 Å². The van der Waals surface area contributed by atoms with Crippen molar-refractivity contribution in [1.29, 1.82) is 0 Å². The molecule has 0 fully saturated rings. The molecule has 5 heteroatoms. The summed E-state index contributed by atoms with van der Waals surface area (Å²) in [7, 11) is 0. The molecule has 138 valence electrons. The number of carbonyl (C=O) groups is 1. The van der Waals surface area contributed by atoms with E-state index in [4.69, 9.17) is 0 Å². The van der Waals surface area contributed by atoms with E-state index in [1.165, 1.54) is 31.2 Å². The fourth-order valence-electron chi connectivity index (χ4n) is 3.03. The van der Waals surface area contributed by atoms with Gasteiger partial charge in [-0.15, -0.1) is 0 Å². The first-order chi connectivity index (χ1) is 13.0. The molecule has 0 N–H and O–H groups in total. The Morgan fingerprint density at radius 1 is 1.22 bits per heavy atom. The zero-order chi connectivity index (χ0) is 19.4. The van der Waals surface area contributed by atoms with Crippen LogP contribution in [0.15, 0.2) is 53.3 Å². The van der Waals surface area contributed by atoms with Crippen molar-refractivity contribution in [2.45, 2.75) is 33.2 Å². The minimum Gasteiger partial charge on any atom is -0.296 e. The highest BCUT2D eigenvalue weighted by molar-refractivity contribution is 5.92. The quantitative estimate of drug-likeness (QED) is 0.623. The predicted octanol–water partition coefficient (Wildman–Crippen LogP) is 3.94. The van der Waals surface area contributed by atoms with Crippen LogP contribution in [0.5, 0.6) is 0 Å². The minimum atomic E-state index is -0.504. The monoisotopic (exact) mass is 364 g/mol. The van der Waals surface area contributed by atoms with Gasteiger partial charge in [-0.3, -0.25) is 14.2 Å². The fourth-order valence-corrected chi connectivity index (χ4v) is 3.03. The van der Waals surface area contributed by atoms with Crippen LogP contribution in [0, 0.1) is 5.82 Å². The van der Waals surface area contributed by atoms with Crippen LogP contribution in [0.2, 0.25) is 0 Å². The van der Waals surface area contributed by atoms with Gasteiger partial charge in [-0.25, -0.2) is 9.37 Å². The van der Waals surface area contributed by atoms with Crippen LogP contribution in [0.25, 0.3) is 17.0 Å². The molecule has 0 saturated heterocycles. The molecule has 0 aliphatic heterocycles. The van der Waals surface area contributed by atoms with Crippen molar-refractivity contribution in [2.75, 3.05) is 0 Å². The first-order valence-electron chi connectivity index (χ1n) is 8.95. The zero-order valence-corrected chi connectivity index (χ0v) is 15.4. The number of allylic oxidation sites excluding steroid dienone is 1. The van der Waals surface area contributed by atoms with Crippen molar-refractivity contribution < 1.29 is 9.18 Å². The summed E-state index contributed by atoms with van der Waals surface area (Å²) in [5.41, 5.74) is 1.49. The van der Waals surface area contributed by atoms with Crippen LogP contribution in [-0.4, -0.2) is 15.3 Å². The van der Waals surface area contributed by atoms with Gasteiger partial charge >= 0.3 is 0 Å². The number of ketones is 1. The molecule has 0 radical (unpaired) electrons. The van der Waals surface area contributed by atoms with Gasteiger partial charge in [0.25, 0.3) is 5.56 Å². The molecule has 0 aliphatic rings. The van der Waals surface area contributed by atoms with Gasteiger partial charge in [-0.2, -0.15) is 0 Å². The Kier molecular flexibility index (Phi) is 5.60. The molecule has 0 aliphatic carbocycles. The summed E-state index contributed by atoms with van der Waals surface area (Å²) < 4.78 is 16.0. The van der Waals surface area contributed by atoms with E-state index in [-0.39, 0.29) is 16.9 Å². The molecule has 0 spiro atoms. The van der Waals surface area contributed by atoms with Crippen LogP contribution < -0.4 is 5.56 Å². The number of rotatable bonds is 6. The van der Waals surface area contributed by atoms with Crippen LogP contribution in [-0.2, 0) is 24.2 Å². The van der Waals surface area contributed by atoms with E-state index in [1.807, 2.05) is 37.3 Å². The SMILES string of the molecule is CCc1nc2cc(F)c(/C=C/C(C)=O)cc2c(=O)n1CCc1ccccc1. The Morgan fingerprint density at radius 3 is 2.63 bits per heavy atom. The van der Waals surface area contributed by atoms with Gasteiger partial charge in [0, 0.05) is 24.6 Å². The lowest BCUT2D eigenvalue weighted by atomic mass is 10.1. The van der Waals surface area contributed by atoms with Gasteiger partial charge in [0.1, 0.15) is 11.6 Å².